The number of fused-ring (bicyclic) bond motifs is 1. The van der Waals surface area contributed by atoms with Crippen molar-refractivity contribution in [3.05, 3.63) is 144 Å². The molecule has 29 N–H and O–H groups in total. The largest absolute Gasteiger partial charge is 0.480 e. The molecule has 5 aromatic rings. The minimum absolute atomic E-state index is 0.109. The lowest BCUT2D eigenvalue weighted by Crippen LogP contribution is -2.63. The maximum Gasteiger partial charge on any atom is 0.327 e. The second kappa shape index (κ2) is 56.7. The lowest BCUT2D eigenvalue weighted by Gasteiger charge is -2.29. The number of primary amides is 1. The van der Waals surface area contributed by atoms with Crippen LogP contribution in [0.2, 0.25) is 0 Å². The number of aliphatic hydroxyl groups is 3. The number of nitrogens with two attached hydrogens (primary N) is 4. The predicted molar refractivity (Wildman–Crippen MR) is 485 cm³/mol. The molecule has 0 aliphatic heterocycles. The number of thiol groups is 2. The van der Waals surface area contributed by atoms with Gasteiger partial charge in [0.15, 0.2) is 0 Å². The minimum atomic E-state index is -1.93. The average molecular weight is 1870 g/mol. The van der Waals surface area contributed by atoms with Crippen molar-refractivity contribution in [1.82, 2.24) is 90.1 Å². The maximum absolute atomic E-state index is 15.4. The van der Waals surface area contributed by atoms with Crippen LogP contribution in [0.15, 0.2) is 121 Å². The zero-order valence-electron chi connectivity index (χ0n) is 73.3. The van der Waals surface area contributed by atoms with Crippen molar-refractivity contribution >= 4 is 143 Å². The molecule has 43 nitrogen and oxygen atoms in total. The summed E-state index contributed by atoms with van der Waals surface area (Å²) in [5.74, 6) is -19.1. The number of benzene rings is 4. The van der Waals surface area contributed by atoms with Gasteiger partial charge in [-0.2, -0.15) is 25.3 Å². The monoisotopic (exact) mass is 1870 g/mol. The van der Waals surface area contributed by atoms with Crippen molar-refractivity contribution in [1.29, 1.82) is 0 Å². The van der Waals surface area contributed by atoms with Crippen LogP contribution in [0.25, 0.3) is 10.9 Å². The lowest BCUT2D eigenvalue weighted by atomic mass is 10.00. The van der Waals surface area contributed by atoms with Crippen LogP contribution in [-0.4, -0.2) is 279 Å². The van der Waals surface area contributed by atoms with Gasteiger partial charge in [-0.3, -0.25) is 81.5 Å². The van der Waals surface area contributed by atoms with E-state index < -0.39 is 236 Å². The quantitative estimate of drug-likeness (QED) is 0.0127. The second-order valence-electron chi connectivity index (χ2n) is 31.6. The predicted octanol–water partition coefficient (Wildman–Crippen LogP) is -6.69. The molecule has 5 rings (SSSR count). The van der Waals surface area contributed by atoms with E-state index in [0.29, 0.717) is 46.0 Å². The van der Waals surface area contributed by atoms with Gasteiger partial charge in [-0.05, 0) is 113 Å². The third-order valence-corrected chi connectivity index (χ3v) is 21.1. The molecule has 17 amide bonds. The van der Waals surface area contributed by atoms with E-state index in [2.05, 4.69) is 115 Å². The van der Waals surface area contributed by atoms with E-state index in [-0.39, 0.29) is 88.3 Å². The summed E-state index contributed by atoms with van der Waals surface area (Å²) in [5.41, 5.74) is 25.7. The molecule has 0 bridgehead atoms. The summed E-state index contributed by atoms with van der Waals surface area (Å²) >= 11 is 8.12. The Morgan fingerprint density at radius 3 is 1.18 bits per heavy atom. The van der Waals surface area contributed by atoms with Gasteiger partial charge in [0.2, 0.25) is 100 Å². The van der Waals surface area contributed by atoms with Crippen molar-refractivity contribution in [2.45, 2.75) is 208 Å². The Labute approximate surface area is 767 Å². The van der Waals surface area contributed by atoms with Gasteiger partial charge in [0.25, 0.3) is 0 Å². The summed E-state index contributed by atoms with van der Waals surface area (Å²) in [6, 6.07) is 9.02. The Morgan fingerprint density at radius 1 is 0.382 bits per heavy atom. The number of H-pyrrole nitrogens is 1. The number of carbonyl (C=O) groups is 18. The molecule has 45 heteroatoms. The fraction of sp³-hybridized carbons (Fsp3) is 0.488. The summed E-state index contributed by atoms with van der Waals surface area (Å²) in [4.78, 5) is 251. The number of rotatable bonds is 58. The highest BCUT2D eigenvalue weighted by molar-refractivity contribution is 7.80. The Bertz CT molecular complexity index is 4670. The highest BCUT2D eigenvalue weighted by atomic mass is 32.1. The highest BCUT2D eigenvalue weighted by Crippen LogP contribution is 2.21. The Morgan fingerprint density at radius 2 is 0.740 bits per heavy atom. The first kappa shape index (κ1) is 109. The number of amides is 17. The van der Waals surface area contributed by atoms with Crippen LogP contribution >= 0.6 is 25.3 Å². The topological polar surface area (TPSA) is 701 Å². The van der Waals surface area contributed by atoms with Crippen LogP contribution < -0.4 is 108 Å². The standard InChI is InChI=1S/C86H123N21O22S2/c1-46(2)33-55(89)74(116)94-40-68(112)92-41-69(113)95-47(3)73(115)93-42-70(114)96-65(44-130)83(125)98-57(29-17-19-31-87)75(117)102-63(38-67(90)111)80(122)100-59(34-50-21-9-6-10-22-50)77(119)99-60(35-51-23-11-7-12-24-51)78(120)101-62(37-53-39-91-56-28-16-15-27-54(53)56)79(121)97-58(30-18-20-32-88)76(118)106-71(48(4)109)84(126)103-61(36-52-25-13-8-14-26-52)81(123)107-72(49(5)110)85(127)104-64(43-108)82(124)105-66(45-131)86(128)129/h6-16,21-28,39,46-49,55,57-66,71-72,91,108-110,130-131H,17-20,29-38,40-45,87-89H2,1-5H3,(H2,90,111)(H,92,112)(H,93,115)(H,94,116)(H,95,113)(H,96,114)(H,97,121)(H,98,125)(H,99,119)(H,100,122)(H,101,120)(H,102,117)(H,103,126)(H,104,127)(H,105,124)(H,106,118)(H,107,123)(H,128,129). The van der Waals surface area contributed by atoms with Gasteiger partial charge in [-0.25, -0.2) is 4.79 Å². The number of nitrogens with one attached hydrogen (secondary N) is 17. The number of aromatic amines is 1. The summed E-state index contributed by atoms with van der Waals surface area (Å²) in [6.45, 7) is 4.62. The molecule has 0 fully saturated rings. The third-order valence-electron chi connectivity index (χ3n) is 20.4. The van der Waals surface area contributed by atoms with Crippen molar-refractivity contribution in [2.24, 2.45) is 28.9 Å². The molecule has 16 atom stereocenters. The molecular weight excluding hydrogens is 1740 g/mol. The van der Waals surface area contributed by atoms with Crippen LogP contribution in [0.5, 0.6) is 0 Å². The molecule has 131 heavy (non-hydrogen) atoms. The average Bonchev–Trinajstić information content (AvgIpc) is 1.62. The van der Waals surface area contributed by atoms with Gasteiger partial charge in [-0.15, -0.1) is 0 Å². The molecule has 1 heterocycles. The number of aliphatic carboxylic acids is 1. The summed E-state index contributed by atoms with van der Waals surface area (Å²) in [5, 5.41) is 81.3. The van der Waals surface area contributed by atoms with E-state index in [1.54, 1.807) is 121 Å². The number of para-hydroxylation sites is 1. The number of aromatic nitrogens is 1. The van der Waals surface area contributed by atoms with E-state index in [0.717, 1.165) is 13.8 Å². The summed E-state index contributed by atoms with van der Waals surface area (Å²) in [7, 11) is 0. The van der Waals surface area contributed by atoms with Crippen LogP contribution in [0.1, 0.15) is 108 Å². The van der Waals surface area contributed by atoms with Crippen molar-refractivity contribution in [3.8, 4) is 0 Å². The molecule has 0 spiro atoms. The van der Waals surface area contributed by atoms with E-state index in [1.165, 1.54) is 6.92 Å². The SMILES string of the molecule is CC(C)CC(N)C(=O)NCC(=O)NCC(=O)NC(C)C(=O)NCC(=O)NC(CS)C(=O)NC(CCCCN)C(=O)NC(CC(N)=O)C(=O)NC(Cc1ccccc1)C(=O)NC(Cc1ccccc1)C(=O)NC(Cc1c[nH]c2ccccc12)C(=O)NC(CCCCN)C(=O)NC(C(=O)NC(Cc1ccccc1)C(=O)NC(C(=O)NC(CO)C(=O)NC(CS)C(=O)O)C(C)O)C(C)O. The Kier molecular flexibility index (Phi) is 47.1. The fourth-order valence-corrected chi connectivity index (χ4v) is 13.7. The third kappa shape index (κ3) is 38.1. The van der Waals surface area contributed by atoms with Gasteiger partial charge in [-0.1, -0.05) is 123 Å². The first-order valence-electron chi connectivity index (χ1n) is 42.6. The fourth-order valence-electron chi connectivity index (χ4n) is 13.2. The number of carbonyl (C=O) groups excluding carboxylic acids is 17. The minimum Gasteiger partial charge on any atom is -0.480 e. The molecule has 0 aliphatic rings. The second-order valence-corrected chi connectivity index (χ2v) is 32.4. The van der Waals surface area contributed by atoms with E-state index in [4.69, 9.17) is 22.9 Å². The van der Waals surface area contributed by atoms with Crippen molar-refractivity contribution in [2.75, 3.05) is 50.8 Å². The van der Waals surface area contributed by atoms with Gasteiger partial charge < -0.3 is 133 Å². The number of hydrogen-bond acceptors (Lipinski definition) is 26. The molecule has 0 saturated heterocycles. The summed E-state index contributed by atoms with van der Waals surface area (Å²) < 4.78 is 0. The number of carboxylic acid groups (broad SMARTS) is 1. The normalized spacial score (nSPS) is 14.8. The number of unbranched alkanes of at least 4 members (excludes halogenated alkanes) is 2. The van der Waals surface area contributed by atoms with Crippen LogP contribution in [0.4, 0.5) is 0 Å². The van der Waals surface area contributed by atoms with Crippen LogP contribution in [0.3, 0.4) is 0 Å². The number of hydrogen-bond donors (Lipinski definition) is 27. The van der Waals surface area contributed by atoms with Crippen LogP contribution in [0, 0.1) is 5.92 Å². The van der Waals surface area contributed by atoms with Gasteiger partial charge in [0.1, 0.15) is 78.5 Å². The van der Waals surface area contributed by atoms with Gasteiger partial charge in [0.05, 0.1) is 50.9 Å². The smallest absolute Gasteiger partial charge is 0.327 e. The van der Waals surface area contributed by atoms with Gasteiger partial charge in [0, 0.05) is 54.3 Å². The molecule has 1 aromatic heterocycles. The summed E-state index contributed by atoms with van der Waals surface area (Å²) in [6.07, 6.45) is -3.05. The molecule has 4 aromatic carbocycles. The Hall–Kier alpha value is -12.7. The maximum atomic E-state index is 15.4. The van der Waals surface area contributed by atoms with Crippen molar-refractivity contribution in [3.63, 3.8) is 0 Å². The zero-order valence-corrected chi connectivity index (χ0v) is 75.1. The Balaban J connectivity index is 1.40. The first-order valence-corrected chi connectivity index (χ1v) is 43.8. The highest BCUT2D eigenvalue weighted by Gasteiger charge is 2.40. The molecular formula is C86H123N21O22S2. The van der Waals surface area contributed by atoms with E-state index >= 15 is 14.4 Å². The number of aliphatic hydroxyl groups excluding tert-OH is 3. The van der Waals surface area contributed by atoms with E-state index in [9.17, 15) is 92.3 Å². The lowest BCUT2D eigenvalue weighted by molar-refractivity contribution is -0.142. The van der Waals surface area contributed by atoms with E-state index in [1.807, 2.05) is 13.8 Å². The van der Waals surface area contributed by atoms with Gasteiger partial charge >= 0.3 is 5.97 Å². The van der Waals surface area contributed by atoms with Crippen molar-refractivity contribution < 1.29 is 107 Å². The van der Waals surface area contributed by atoms with Crippen LogP contribution in [-0.2, 0) is 112 Å². The zero-order chi connectivity index (χ0) is 97.0. The number of carboxylic acids is 1. The molecule has 16 unspecified atom stereocenters. The molecule has 0 saturated carbocycles. The first-order chi connectivity index (χ1) is 62.3. The molecule has 716 valence electrons. The molecule has 0 radical (unpaired) electrons. The molecule has 0 aliphatic carbocycles.